The smallest absolute Gasteiger partial charge is 0.220 e. The Morgan fingerprint density at radius 2 is 1.57 bits per heavy atom. The molecule has 1 heterocycles. The zero-order valence-electron chi connectivity index (χ0n) is 14.5. The topological polar surface area (TPSA) is 52.6 Å². The molecule has 0 bridgehead atoms. The first-order chi connectivity index (χ1) is 11.2. The standard InChI is InChI=1S/C19H34N2O2/c22-18-9-5-4-8-17(18)21-12-10-16(11-13-21)20-19(23)14-15-6-2-1-3-7-15/h15-18,22H,1-14H2,(H,20,23). The summed E-state index contributed by atoms with van der Waals surface area (Å²) in [5.41, 5.74) is 0. The van der Waals surface area contributed by atoms with E-state index in [-0.39, 0.29) is 12.0 Å². The largest absolute Gasteiger partial charge is 0.391 e. The molecule has 2 atom stereocenters. The minimum Gasteiger partial charge on any atom is -0.391 e. The molecule has 1 amide bonds. The molecule has 1 saturated heterocycles. The second-order valence-corrected chi connectivity index (χ2v) is 8.01. The van der Waals surface area contributed by atoms with Crippen LogP contribution in [-0.2, 0) is 4.79 Å². The Hall–Kier alpha value is -0.610. The number of nitrogens with one attached hydrogen (secondary N) is 1. The molecular formula is C19H34N2O2. The number of rotatable bonds is 4. The lowest BCUT2D eigenvalue weighted by molar-refractivity contribution is -0.123. The van der Waals surface area contributed by atoms with E-state index in [4.69, 9.17) is 0 Å². The van der Waals surface area contributed by atoms with Gasteiger partial charge in [0.15, 0.2) is 0 Å². The summed E-state index contributed by atoms with van der Waals surface area (Å²) in [7, 11) is 0. The molecule has 4 heteroatoms. The van der Waals surface area contributed by atoms with Gasteiger partial charge < -0.3 is 10.4 Å². The van der Waals surface area contributed by atoms with Crippen LogP contribution in [0.2, 0.25) is 0 Å². The number of carbonyl (C=O) groups is 1. The highest BCUT2D eigenvalue weighted by Crippen LogP contribution is 2.27. The van der Waals surface area contributed by atoms with E-state index in [0.29, 0.717) is 18.0 Å². The average Bonchev–Trinajstić information content (AvgIpc) is 2.57. The summed E-state index contributed by atoms with van der Waals surface area (Å²) in [6, 6.07) is 0.714. The molecule has 132 valence electrons. The van der Waals surface area contributed by atoms with Crippen LogP contribution in [0.25, 0.3) is 0 Å². The van der Waals surface area contributed by atoms with E-state index in [1.54, 1.807) is 0 Å². The van der Waals surface area contributed by atoms with Crippen molar-refractivity contribution in [3.8, 4) is 0 Å². The summed E-state index contributed by atoms with van der Waals surface area (Å²) in [5, 5.41) is 13.5. The van der Waals surface area contributed by atoms with Crippen molar-refractivity contribution in [2.24, 2.45) is 5.92 Å². The van der Waals surface area contributed by atoms with Crippen LogP contribution >= 0.6 is 0 Å². The van der Waals surface area contributed by atoms with Gasteiger partial charge in [0.05, 0.1) is 6.10 Å². The molecule has 4 nitrogen and oxygen atoms in total. The van der Waals surface area contributed by atoms with E-state index in [1.807, 2.05) is 0 Å². The van der Waals surface area contributed by atoms with Crippen LogP contribution in [0.3, 0.4) is 0 Å². The van der Waals surface area contributed by atoms with Crippen LogP contribution in [0.4, 0.5) is 0 Å². The molecule has 0 aromatic carbocycles. The first kappa shape index (κ1) is 17.2. The second kappa shape index (κ2) is 8.48. The molecule has 0 spiro atoms. The fourth-order valence-electron chi connectivity index (χ4n) is 4.83. The Labute approximate surface area is 141 Å². The van der Waals surface area contributed by atoms with Gasteiger partial charge in [-0.15, -0.1) is 0 Å². The summed E-state index contributed by atoms with van der Waals surface area (Å²) >= 11 is 0. The number of carbonyl (C=O) groups excluding carboxylic acids is 1. The van der Waals surface area contributed by atoms with Gasteiger partial charge in [0.2, 0.25) is 5.91 Å². The highest BCUT2D eigenvalue weighted by atomic mass is 16.3. The molecule has 2 saturated carbocycles. The SMILES string of the molecule is O=C(CC1CCCCC1)NC1CCN(C2CCCCC2O)CC1. The third-order valence-corrected chi connectivity index (χ3v) is 6.26. The summed E-state index contributed by atoms with van der Waals surface area (Å²) in [5.74, 6) is 0.897. The van der Waals surface area contributed by atoms with Crippen LogP contribution in [0.15, 0.2) is 0 Å². The predicted molar refractivity (Wildman–Crippen MR) is 92.2 cm³/mol. The molecule has 23 heavy (non-hydrogen) atoms. The Balaban J connectivity index is 1.37. The van der Waals surface area contributed by atoms with Crippen LogP contribution in [0.5, 0.6) is 0 Å². The number of piperidine rings is 1. The highest BCUT2D eigenvalue weighted by molar-refractivity contribution is 5.76. The lowest BCUT2D eigenvalue weighted by atomic mass is 9.86. The van der Waals surface area contributed by atoms with E-state index in [9.17, 15) is 9.90 Å². The lowest BCUT2D eigenvalue weighted by Crippen LogP contribution is -2.52. The predicted octanol–water partition coefficient (Wildman–Crippen LogP) is 2.84. The normalized spacial score (nSPS) is 31.9. The van der Waals surface area contributed by atoms with Crippen molar-refractivity contribution in [1.82, 2.24) is 10.2 Å². The Morgan fingerprint density at radius 3 is 2.26 bits per heavy atom. The first-order valence-electron chi connectivity index (χ1n) is 9.94. The number of amides is 1. The van der Waals surface area contributed by atoms with Gasteiger partial charge >= 0.3 is 0 Å². The fraction of sp³-hybridized carbons (Fsp3) is 0.947. The van der Waals surface area contributed by atoms with Crippen molar-refractivity contribution in [2.75, 3.05) is 13.1 Å². The quantitative estimate of drug-likeness (QED) is 0.837. The first-order valence-corrected chi connectivity index (χ1v) is 9.94. The van der Waals surface area contributed by atoms with Gasteiger partial charge in [0.1, 0.15) is 0 Å². The molecular weight excluding hydrogens is 288 g/mol. The Morgan fingerprint density at radius 1 is 0.913 bits per heavy atom. The zero-order chi connectivity index (χ0) is 16.1. The summed E-state index contributed by atoms with van der Waals surface area (Å²) in [6.45, 7) is 2.05. The third kappa shape index (κ3) is 4.93. The maximum atomic E-state index is 12.3. The van der Waals surface area contributed by atoms with E-state index >= 15 is 0 Å². The van der Waals surface area contributed by atoms with Crippen LogP contribution in [-0.4, -0.2) is 47.2 Å². The molecule has 2 unspecified atom stereocenters. The molecule has 0 aromatic rings. The van der Waals surface area contributed by atoms with Crippen LogP contribution in [0, 0.1) is 5.92 Å². The second-order valence-electron chi connectivity index (χ2n) is 8.01. The molecule has 1 aliphatic heterocycles. The van der Waals surface area contributed by atoms with Gasteiger partial charge in [0, 0.05) is 31.6 Å². The Bertz CT molecular complexity index is 374. The molecule has 2 N–H and O–H groups in total. The van der Waals surface area contributed by atoms with Gasteiger partial charge in [-0.2, -0.15) is 0 Å². The fourth-order valence-corrected chi connectivity index (χ4v) is 4.83. The summed E-state index contributed by atoms with van der Waals surface area (Å²) < 4.78 is 0. The van der Waals surface area contributed by atoms with Gasteiger partial charge in [-0.1, -0.05) is 32.1 Å². The minimum absolute atomic E-state index is 0.138. The maximum Gasteiger partial charge on any atom is 0.220 e. The van der Waals surface area contributed by atoms with E-state index in [2.05, 4.69) is 10.2 Å². The number of aliphatic hydroxyl groups is 1. The summed E-state index contributed by atoms with van der Waals surface area (Å²) in [4.78, 5) is 14.7. The average molecular weight is 322 g/mol. The third-order valence-electron chi connectivity index (χ3n) is 6.26. The molecule has 3 fully saturated rings. The van der Waals surface area contributed by atoms with Crippen LogP contribution < -0.4 is 5.32 Å². The number of hydrogen-bond acceptors (Lipinski definition) is 3. The van der Waals surface area contributed by atoms with E-state index < -0.39 is 0 Å². The van der Waals surface area contributed by atoms with Crippen molar-refractivity contribution in [3.63, 3.8) is 0 Å². The molecule has 0 radical (unpaired) electrons. The minimum atomic E-state index is -0.138. The lowest BCUT2D eigenvalue weighted by Gasteiger charge is -2.41. The molecule has 3 aliphatic rings. The maximum absolute atomic E-state index is 12.3. The monoisotopic (exact) mass is 322 g/mol. The molecule has 2 aliphatic carbocycles. The summed E-state index contributed by atoms with van der Waals surface area (Å²) in [6.07, 6.45) is 13.6. The van der Waals surface area contributed by atoms with Crippen molar-refractivity contribution in [3.05, 3.63) is 0 Å². The Kier molecular flexibility index (Phi) is 6.35. The van der Waals surface area contributed by atoms with Crippen molar-refractivity contribution >= 4 is 5.91 Å². The van der Waals surface area contributed by atoms with Crippen molar-refractivity contribution in [2.45, 2.75) is 95.2 Å². The zero-order valence-corrected chi connectivity index (χ0v) is 14.5. The van der Waals surface area contributed by atoms with Gasteiger partial charge in [-0.25, -0.2) is 0 Å². The van der Waals surface area contributed by atoms with Crippen molar-refractivity contribution in [1.29, 1.82) is 0 Å². The van der Waals surface area contributed by atoms with Crippen molar-refractivity contribution < 1.29 is 9.90 Å². The van der Waals surface area contributed by atoms with Crippen LogP contribution in [0.1, 0.15) is 77.0 Å². The van der Waals surface area contributed by atoms with E-state index in [1.165, 1.54) is 44.9 Å². The number of aliphatic hydroxyl groups excluding tert-OH is 1. The number of likely N-dealkylation sites (tertiary alicyclic amines) is 1. The number of nitrogens with zero attached hydrogens (tertiary/aromatic N) is 1. The van der Waals surface area contributed by atoms with E-state index in [0.717, 1.165) is 45.2 Å². The van der Waals surface area contributed by atoms with Gasteiger partial charge in [-0.05, 0) is 44.4 Å². The number of hydrogen-bond donors (Lipinski definition) is 2. The highest BCUT2D eigenvalue weighted by Gasteiger charge is 2.31. The van der Waals surface area contributed by atoms with Gasteiger partial charge in [0.25, 0.3) is 0 Å². The van der Waals surface area contributed by atoms with Gasteiger partial charge in [-0.3, -0.25) is 9.69 Å². The molecule has 0 aromatic heterocycles. The molecule has 3 rings (SSSR count).